The van der Waals surface area contributed by atoms with E-state index in [-0.39, 0.29) is 16.9 Å². The molecule has 0 heterocycles. The third-order valence-electron chi connectivity index (χ3n) is 1.67. The van der Waals surface area contributed by atoms with Crippen LogP contribution in [0.3, 0.4) is 0 Å². The molecule has 1 aromatic carbocycles. The van der Waals surface area contributed by atoms with Crippen molar-refractivity contribution in [3.05, 3.63) is 29.8 Å². The van der Waals surface area contributed by atoms with Crippen LogP contribution in [0, 0.1) is 11.3 Å². The Hall–Kier alpha value is -2.48. The molecule has 0 amide bonds. The molecule has 0 spiro atoms. The Morgan fingerprint density at radius 2 is 2.00 bits per heavy atom. The average Bonchev–Trinajstić information content (AvgIpc) is 2.18. The lowest BCUT2D eigenvalue weighted by Crippen LogP contribution is -1.91. The van der Waals surface area contributed by atoms with Crippen molar-refractivity contribution in [1.82, 2.24) is 0 Å². The summed E-state index contributed by atoms with van der Waals surface area (Å²) in [5, 5.41) is 35.3. The van der Waals surface area contributed by atoms with Gasteiger partial charge in [0.1, 0.15) is 6.07 Å². The average molecular weight is 205 g/mol. The van der Waals surface area contributed by atoms with Crippen LogP contribution in [-0.2, 0) is 4.79 Å². The van der Waals surface area contributed by atoms with Crippen LogP contribution in [0.4, 0.5) is 0 Å². The Balaban J connectivity index is 3.21. The van der Waals surface area contributed by atoms with Crippen LogP contribution in [0.1, 0.15) is 5.56 Å². The van der Waals surface area contributed by atoms with Gasteiger partial charge in [0.2, 0.25) is 0 Å². The summed E-state index contributed by atoms with van der Waals surface area (Å²) in [7, 11) is 0. The zero-order valence-electron chi connectivity index (χ0n) is 7.51. The fourth-order valence-corrected chi connectivity index (χ4v) is 0.995. The van der Waals surface area contributed by atoms with Crippen molar-refractivity contribution in [2.75, 3.05) is 0 Å². The van der Waals surface area contributed by atoms with Crippen molar-refractivity contribution in [2.45, 2.75) is 0 Å². The number of benzene rings is 1. The van der Waals surface area contributed by atoms with Gasteiger partial charge in [-0.1, -0.05) is 0 Å². The van der Waals surface area contributed by atoms with E-state index in [4.69, 9.17) is 20.6 Å². The van der Waals surface area contributed by atoms with Gasteiger partial charge in [0.05, 0.1) is 5.57 Å². The molecule has 0 atom stereocenters. The molecule has 5 heteroatoms. The molecule has 1 rings (SSSR count). The number of carbonyl (C=O) groups is 1. The van der Waals surface area contributed by atoms with Crippen molar-refractivity contribution in [2.24, 2.45) is 0 Å². The predicted molar refractivity (Wildman–Crippen MR) is 51.0 cm³/mol. The van der Waals surface area contributed by atoms with Gasteiger partial charge in [-0.2, -0.15) is 5.26 Å². The second kappa shape index (κ2) is 4.15. The first-order valence-electron chi connectivity index (χ1n) is 3.91. The highest BCUT2D eigenvalue weighted by Gasteiger charge is 2.06. The Morgan fingerprint density at radius 3 is 2.47 bits per heavy atom. The Kier molecular flexibility index (Phi) is 2.94. The van der Waals surface area contributed by atoms with Crippen LogP contribution < -0.4 is 0 Å². The number of nitriles is 1. The SMILES string of the molecule is N#CC(=CC(=O)O)c1ccc(O)c(O)c1. The molecule has 0 fully saturated rings. The van der Waals surface area contributed by atoms with Gasteiger partial charge in [-0.05, 0) is 23.8 Å². The minimum atomic E-state index is -1.25. The molecular formula is C10H7NO4. The summed E-state index contributed by atoms with van der Waals surface area (Å²) in [5.41, 5.74) is 0.132. The molecule has 1 aromatic rings. The Morgan fingerprint density at radius 1 is 1.33 bits per heavy atom. The predicted octanol–water partition coefficient (Wildman–Crippen LogP) is 1.09. The van der Waals surface area contributed by atoms with E-state index < -0.39 is 11.7 Å². The first kappa shape index (κ1) is 10.6. The second-order valence-electron chi connectivity index (χ2n) is 2.71. The summed E-state index contributed by atoms with van der Waals surface area (Å²) >= 11 is 0. The number of phenolic OH excluding ortho intramolecular Hbond substituents is 2. The van der Waals surface area contributed by atoms with Crippen molar-refractivity contribution in [1.29, 1.82) is 5.26 Å². The molecule has 0 radical (unpaired) electrons. The number of hydrogen-bond donors (Lipinski definition) is 3. The van der Waals surface area contributed by atoms with E-state index in [1.54, 1.807) is 6.07 Å². The molecular weight excluding hydrogens is 198 g/mol. The number of carboxylic acid groups (broad SMARTS) is 1. The van der Waals surface area contributed by atoms with Crippen LogP contribution in [0.15, 0.2) is 24.3 Å². The maximum Gasteiger partial charge on any atom is 0.329 e. The highest BCUT2D eigenvalue weighted by atomic mass is 16.4. The Labute approximate surface area is 85.1 Å². The normalized spacial score (nSPS) is 10.7. The third-order valence-corrected chi connectivity index (χ3v) is 1.67. The first-order chi connectivity index (χ1) is 7.04. The monoisotopic (exact) mass is 205 g/mol. The van der Waals surface area contributed by atoms with Crippen molar-refractivity contribution >= 4 is 11.5 Å². The molecule has 0 aliphatic rings. The van der Waals surface area contributed by atoms with Crippen LogP contribution in [0.5, 0.6) is 11.5 Å². The molecule has 0 saturated heterocycles. The van der Waals surface area contributed by atoms with Gasteiger partial charge in [-0.15, -0.1) is 0 Å². The van der Waals surface area contributed by atoms with E-state index in [1.165, 1.54) is 12.1 Å². The highest BCUT2D eigenvalue weighted by Crippen LogP contribution is 2.27. The number of carboxylic acids is 1. The van der Waals surface area contributed by atoms with Crippen molar-refractivity contribution in [3.8, 4) is 17.6 Å². The molecule has 0 unspecified atom stereocenters. The molecule has 15 heavy (non-hydrogen) atoms. The number of allylic oxidation sites excluding steroid dienone is 1. The van der Waals surface area contributed by atoms with Crippen LogP contribution >= 0.6 is 0 Å². The van der Waals surface area contributed by atoms with Gasteiger partial charge in [-0.3, -0.25) is 0 Å². The van der Waals surface area contributed by atoms with Crippen LogP contribution in [0.2, 0.25) is 0 Å². The first-order valence-corrected chi connectivity index (χ1v) is 3.91. The molecule has 5 nitrogen and oxygen atoms in total. The summed E-state index contributed by atoms with van der Waals surface area (Å²) in [6.45, 7) is 0. The molecule has 0 aliphatic carbocycles. The molecule has 0 saturated carbocycles. The minimum absolute atomic E-state index is 0.0993. The summed E-state index contributed by atoms with van der Waals surface area (Å²) in [4.78, 5) is 10.4. The fraction of sp³-hybridized carbons (Fsp3) is 0. The standard InChI is InChI=1S/C10H7NO4/c11-5-7(4-10(14)15)6-1-2-8(12)9(13)3-6/h1-4,12-13H,(H,14,15). The fourth-order valence-electron chi connectivity index (χ4n) is 0.995. The summed E-state index contributed by atoms with van der Waals surface area (Å²) in [6, 6.07) is 5.32. The van der Waals surface area contributed by atoms with Gasteiger partial charge >= 0.3 is 5.97 Å². The zero-order chi connectivity index (χ0) is 11.4. The second-order valence-corrected chi connectivity index (χ2v) is 2.71. The topological polar surface area (TPSA) is 102 Å². The van der Waals surface area contributed by atoms with Gasteiger partial charge in [0.15, 0.2) is 11.5 Å². The van der Waals surface area contributed by atoms with Gasteiger partial charge in [0.25, 0.3) is 0 Å². The number of phenols is 2. The lowest BCUT2D eigenvalue weighted by Gasteiger charge is -2.00. The number of rotatable bonds is 2. The highest BCUT2D eigenvalue weighted by molar-refractivity contribution is 5.94. The van der Waals surface area contributed by atoms with Crippen molar-refractivity contribution in [3.63, 3.8) is 0 Å². The molecule has 76 valence electrons. The van der Waals surface area contributed by atoms with Crippen molar-refractivity contribution < 1.29 is 20.1 Å². The van der Waals surface area contributed by atoms with Gasteiger partial charge < -0.3 is 15.3 Å². The lowest BCUT2D eigenvalue weighted by molar-refractivity contribution is -0.131. The van der Waals surface area contributed by atoms with E-state index in [9.17, 15) is 4.79 Å². The summed E-state index contributed by atoms with van der Waals surface area (Å²) in [6.07, 6.45) is 0.728. The summed E-state index contributed by atoms with van der Waals surface area (Å²) in [5.74, 6) is -1.98. The van der Waals surface area contributed by atoms with Crippen LogP contribution in [-0.4, -0.2) is 21.3 Å². The third kappa shape index (κ3) is 2.48. The van der Waals surface area contributed by atoms with Gasteiger partial charge in [0, 0.05) is 6.08 Å². The number of nitrogens with zero attached hydrogens (tertiary/aromatic N) is 1. The molecule has 0 bridgehead atoms. The zero-order valence-corrected chi connectivity index (χ0v) is 7.51. The molecule has 3 N–H and O–H groups in total. The minimum Gasteiger partial charge on any atom is -0.504 e. The summed E-state index contributed by atoms with van der Waals surface area (Å²) < 4.78 is 0. The maximum absolute atomic E-state index is 10.4. The lowest BCUT2D eigenvalue weighted by atomic mass is 10.1. The Bertz CT molecular complexity index is 471. The number of aliphatic carboxylic acids is 1. The number of hydrogen-bond acceptors (Lipinski definition) is 4. The van der Waals surface area contributed by atoms with E-state index >= 15 is 0 Å². The smallest absolute Gasteiger partial charge is 0.329 e. The number of aromatic hydroxyl groups is 2. The van der Waals surface area contributed by atoms with Gasteiger partial charge in [-0.25, -0.2) is 4.79 Å². The quantitative estimate of drug-likeness (QED) is 0.381. The molecule has 0 aromatic heterocycles. The van der Waals surface area contributed by atoms with E-state index in [0.29, 0.717) is 0 Å². The largest absolute Gasteiger partial charge is 0.504 e. The van der Waals surface area contributed by atoms with Crippen LogP contribution in [0.25, 0.3) is 5.57 Å². The van der Waals surface area contributed by atoms with E-state index in [0.717, 1.165) is 12.1 Å². The maximum atomic E-state index is 10.4. The van der Waals surface area contributed by atoms with E-state index in [2.05, 4.69) is 0 Å². The van der Waals surface area contributed by atoms with E-state index in [1.807, 2.05) is 0 Å². The molecule has 0 aliphatic heterocycles.